The summed E-state index contributed by atoms with van der Waals surface area (Å²) in [5.41, 5.74) is 3.33. The Labute approximate surface area is 161 Å². The molecule has 5 nitrogen and oxygen atoms in total. The van der Waals surface area contributed by atoms with E-state index in [4.69, 9.17) is 0 Å². The van der Waals surface area contributed by atoms with E-state index >= 15 is 0 Å². The number of carbonyl (C=O) groups is 2. The lowest BCUT2D eigenvalue weighted by atomic mass is 9.98. The van der Waals surface area contributed by atoms with Gasteiger partial charge in [0.15, 0.2) is 6.04 Å². The SMILES string of the molecule is CNC(=O)NC(=O)[C@@H]([NH2+][C@H](C)c1ccc(CC(C)C)cc1)c1ccccc1. The van der Waals surface area contributed by atoms with Crippen molar-refractivity contribution in [1.82, 2.24) is 10.6 Å². The summed E-state index contributed by atoms with van der Waals surface area (Å²) < 4.78 is 0. The minimum atomic E-state index is -0.506. The summed E-state index contributed by atoms with van der Waals surface area (Å²) >= 11 is 0. The van der Waals surface area contributed by atoms with Gasteiger partial charge in [0.25, 0.3) is 5.91 Å². The number of amides is 3. The molecule has 27 heavy (non-hydrogen) atoms. The van der Waals surface area contributed by atoms with Gasteiger partial charge >= 0.3 is 6.03 Å². The van der Waals surface area contributed by atoms with Crippen molar-refractivity contribution in [2.45, 2.75) is 39.3 Å². The van der Waals surface area contributed by atoms with E-state index in [1.54, 1.807) is 0 Å². The average Bonchev–Trinajstić information content (AvgIpc) is 2.66. The summed E-state index contributed by atoms with van der Waals surface area (Å²) in [6, 6.07) is 17.1. The van der Waals surface area contributed by atoms with E-state index in [-0.39, 0.29) is 11.9 Å². The van der Waals surface area contributed by atoms with E-state index in [1.165, 1.54) is 12.6 Å². The third-order valence-corrected chi connectivity index (χ3v) is 4.54. The molecule has 4 N–H and O–H groups in total. The predicted molar refractivity (Wildman–Crippen MR) is 107 cm³/mol. The lowest BCUT2D eigenvalue weighted by Gasteiger charge is -2.20. The summed E-state index contributed by atoms with van der Waals surface area (Å²) in [5.74, 6) is 0.291. The van der Waals surface area contributed by atoms with Crippen LogP contribution in [0.3, 0.4) is 0 Å². The van der Waals surface area contributed by atoms with Crippen molar-refractivity contribution in [3.63, 3.8) is 0 Å². The third-order valence-electron chi connectivity index (χ3n) is 4.54. The van der Waals surface area contributed by atoms with E-state index in [2.05, 4.69) is 55.7 Å². The van der Waals surface area contributed by atoms with Gasteiger partial charge in [-0.15, -0.1) is 0 Å². The number of rotatable bonds is 7. The van der Waals surface area contributed by atoms with Gasteiger partial charge in [-0.2, -0.15) is 0 Å². The van der Waals surface area contributed by atoms with Crippen molar-refractivity contribution in [2.24, 2.45) is 5.92 Å². The number of quaternary nitrogens is 1. The zero-order chi connectivity index (χ0) is 19.8. The Morgan fingerprint density at radius 1 is 0.926 bits per heavy atom. The molecule has 0 saturated carbocycles. The highest BCUT2D eigenvalue weighted by atomic mass is 16.2. The molecule has 3 amide bonds. The lowest BCUT2D eigenvalue weighted by Crippen LogP contribution is -2.88. The van der Waals surface area contributed by atoms with Crippen molar-refractivity contribution < 1.29 is 14.9 Å². The Morgan fingerprint density at radius 2 is 1.56 bits per heavy atom. The molecule has 0 heterocycles. The van der Waals surface area contributed by atoms with Crippen LogP contribution in [-0.4, -0.2) is 19.0 Å². The zero-order valence-corrected chi connectivity index (χ0v) is 16.5. The van der Waals surface area contributed by atoms with Gasteiger partial charge in [0.2, 0.25) is 0 Å². The van der Waals surface area contributed by atoms with Crippen molar-refractivity contribution in [3.8, 4) is 0 Å². The quantitative estimate of drug-likeness (QED) is 0.703. The highest BCUT2D eigenvalue weighted by Gasteiger charge is 2.28. The minimum Gasteiger partial charge on any atom is -0.341 e. The number of imide groups is 1. The van der Waals surface area contributed by atoms with Crippen LogP contribution >= 0.6 is 0 Å². The molecular formula is C22H30N3O2+. The molecule has 0 bridgehead atoms. The van der Waals surface area contributed by atoms with E-state index in [1.807, 2.05) is 35.6 Å². The van der Waals surface area contributed by atoms with Gasteiger partial charge in [-0.25, -0.2) is 4.79 Å². The molecule has 0 unspecified atom stereocenters. The van der Waals surface area contributed by atoms with Gasteiger partial charge in [-0.1, -0.05) is 68.4 Å². The van der Waals surface area contributed by atoms with Crippen LogP contribution < -0.4 is 16.0 Å². The minimum absolute atomic E-state index is 0.0683. The molecule has 2 aromatic rings. The van der Waals surface area contributed by atoms with Crippen LogP contribution in [0.15, 0.2) is 54.6 Å². The van der Waals surface area contributed by atoms with Crippen LogP contribution in [0.25, 0.3) is 0 Å². The molecule has 144 valence electrons. The first-order valence-electron chi connectivity index (χ1n) is 9.42. The normalized spacial score (nSPS) is 13.1. The summed E-state index contributed by atoms with van der Waals surface area (Å²) in [4.78, 5) is 24.2. The largest absolute Gasteiger partial charge is 0.341 e. The first kappa shape index (κ1) is 20.6. The smallest absolute Gasteiger partial charge is 0.321 e. The second kappa shape index (κ2) is 9.88. The van der Waals surface area contributed by atoms with Crippen LogP contribution in [0.2, 0.25) is 0 Å². The molecule has 5 heteroatoms. The second-order valence-electron chi connectivity index (χ2n) is 7.28. The standard InChI is InChI=1S/C22H29N3O2/c1-15(2)14-17-10-12-18(13-11-17)16(3)24-20(19-8-6-5-7-9-19)21(26)25-22(27)23-4/h5-13,15-16,20,24H,14H2,1-4H3,(H2,23,25,26,27)/p+1/t16-,20+/m1/s1. The molecule has 0 aliphatic heterocycles. The molecule has 0 spiro atoms. The fourth-order valence-corrected chi connectivity index (χ4v) is 3.09. The Bertz CT molecular complexity index is 742. The Balaban J connectivity index is 2.16. The van der Waals surface area contributed by atoms with Crippen molar-refractivity contribution in [2.75, 3.05) is 7.05 Å². The number of carbonyl (C=O) groups excluding carboxylic acids is 2. The molecule has 0 radical (unpaired) electrons. The molecule has 2 atom stereocenters. The van der Waals surface area contributed by atoms with Gasteiger partial charge in [0.1, 0.15) is 6.04 Å². The number of nitrogens with one attached hydrogen (secondary N) is 2. The van der Waals surface area contributed by atoms with Gasteiger partial charge in [-0.3, -0.25) is 10.1 Å². The lowest BCUT2D eigenvalue weighted by molar-refractivity contribution is -0.719. The van der Waals surface area contributed by atoms with Crippen molar-refractivity contribution in [3.05, 3.63) is 71.3 Å². The zero-order valence-electron chi connectivity index (χ0n) is 16.5. The Hall–Kier alpha value is -2.66. The van der Waals surface area contributed by atoms with Crippen LogP contribution in [0.5, 0.6) is 0 Å². The highest BCUT2D eigenvalue weighted by molar-refractivity contribution is 5.96. The van der Waals surface area contributed by atoms with E-state index in [0.717, 1.165) is 17.5 Å². The number of hydrogen-bond donors (Lipinski definition) is 3. The average molecular weight is 369 g/mol. The predicted octanol–water partition coefficient (Wildman–Crippen LogP) is 2.71. The van der Waals surface area contributed by atoms with E-state index in [9.17, 15) is 9.59 Å². The third kappa shape index (κ3) is 6.22. The summed E-state index contributed by atoms with van der Waals surface area (Å²) in [7, 11) is 1.49. The van der Waals surface area contributed by atoms with Gasteiger partial charge < -0.3 is 10.6 Å². The number of benzene rings is 2. The maximum absolute atomic E-state index is 12.7. The van der Waals surface area contributed by atoms with Crippen LogP contribution in [0, 0.1) is 5.92 Å². The van der Waals surface area contributed by atoms with E-state index in [0.29, 0.717) is 5.92 Å². The molecule has 2 aromatic carbocycles. The molecule has 0 fully saturated rings. The fraction of sp³-hybridized carbons (Fsp3) is 0.364. The molecule has 0 aliphatic carbocycles. The monoisotopic (exact) mass is 368 g/mol. The van der Waals surface area contributed by atoms with Crippen molar-refractivity contribution in [1.29, 1.82) is 0 Å². The Morgan fingerprint density at radius 3 is 2.11 bits per heavy atom. The van der Waals surface area contributed by atoms with Crippen LogP contribution in [-0.2, 0) is 11.2 Å². The summed E-state index contributed by atoms with van der Waals surface area (Å²) in [6.07, 6.45) is 1.06. The van der Waals surface area contributed by atoms with Gasteiger partial charge in [-0.05, 0) is 24.8 Å². The number of urea groups is 1. The van der Waals surface area contributed by atoms with Gasteiger partial charge in [0.05, 0.1) is 0 Å². The molecule has 0 aliphatic rings. The van der Waals surface area contributed by atoms with E-state index < -0.39 is 12.1 Å². The van der Waals surface area contributed by atoms with Gasteiger partial charge in [0, 0.05) is 18.2 Å². The highest BCUT2D eigenvalue weighted by Crippen LogP contribution is 2.16. The van der Waals surface area contributed by atoms with Crippen LogP contribution in [0.4, 0.5) is 4.79 Å². The molecule has 0 saturated heterocycles. The molecule has 0 aromatic heterocycles. The number of hydrogen-bond acceptors (Lipinski definition) is 2. The maximum Gasteiger partial charge on any atom is 0.321 e. The molecule has 2 rings (SSSR count). The first-order valence-corrected chi connectivity index (χ1v) is 9.42. The Kier molecular flexibility index (Phi) is 7.55. The number of nitrogens with two attached hydrogens (primary N) is 1. The first-order chi connectivity index (χ1) is 12.9. The maximum atomic E-state index is 12.7. The summed E-state index contributed by atoms with van der Waals surface area (Å²) in [6.45, 7) is 6.49. The summed E-state index contributed by atoms with van der Waals surface area (Å²) in [5, 5.41) is 6.81. The van der Waals surface area contributed by atoms with Crippen LogP contribution in [0.1, 0.15) is 49.5 Å². The second-order valence-corrected chi connectivity index (χ2v) is 7.28. The fourth-order valence-electron chi connectivity index (χ4n) is 3.09. The molecular weight excluding hydrogens is 338 g/mol. The topological polar surface area (TPSA) is 74.8 Å². The van der Waals surface area contributed by atoms with Crippen molar-refractivity contribution >= 4 is 11.9 Å².